The maximum atomic E-state index is 11.2. The minimum Gasteiger partial charge on any atom is -0.456 e. The predicted molar refractivity (Wildman–Crippen MR) is 73.6 cm³/mol. The van der Waals surface area contributed by atoms with Crippen molar-refractivity contribution in [2.45, 2.75) is 32.3 Å². The molecule has 0 spiro atoms. The molecular formula is C15H16N2O2. The van der Waals surface area contributed by atoms with Gasteiger partial charge in [0, 0.05) is 23.6 Å². The van der Waals surface area contributed by atoms with E-state index in [-0.39, 0.29) is 12.1 Å². The summed E-state index contributed by atoms with van der Waals surface area (Å²) < 4.78 is 5.36. The van der Waals surface area contributed by atoms with E-state index in [1.807, 2.05) is 24.3 Å². The molecule has 3 rings (SSSR count). The summed E-state index contributed by atoms with van der Waals surface area (Å²) in [6.45, 7) is 1.43. The number of nitrogen functional groups attached to an aromatic ring is 1. The molecule has 0 amide bonds. The second kappa shape index (κ2) is 4.53. The molecule has 4 heteroatoms. The Labute approximate surface area is 111 Å². The SMILES string of the molecule is CC(=O)OC1CCCc2c1nc1ccccc1c2N. The van der Waals surface area contributed by atoms with Gasteiger partial charge in [-0.1, -0.05) is 18.2 Å². The normalized spacial score (nSPS) is 18.1. The van der Waals surface area contributed by atoms with Gasteiger partial charge in [-0.2, -0.15) is 0 Å². The number of para-hydroxylation sites is 1. The number of ether oxygens (including phenoxy) is 1. The minimum atomic E-state index is -0.272. The molecule has 2 aromatic rings. The Morgan fingerprint density at radius 2 is 2.21 bits per heavy atom. The van der Waals surface area contributed by atoms with E-state index < -0.39 is 0 Å². The van der Waals surface area contributed by atoms with Crippen molar-refractivity contribution in [3.63, 3.8) is 0 Å². The summed E-state index contributed by atoms with van der Waals surface area (Å²) in [5.74, 6) is -0.272. The van der Waals surface area contributed by atoms with E-state index in [0.29, 0.717) is 0 Å². The summed E-state index contributed by atoms with van der Waals surface area (Å²) in [5.41, 5.74) is 9.76. The van der Waals surface area contributed by atoms with E-state index in [4.69, 9.17) is 10.5 Å². The molecule has 0 saturated heterocycles. The molecule has 0 fully saturated rings. The fourth-order valence-electron chi connectivity index (χ4n) is 2.74. The van der Waals surface area contributed by atoms with Gasteiger partial charge < -0.3 is 10.5 Å². The summed E-state index contributed by atoms with van der Waals surface area (Å²) in [6.07, 6.45) is 2.43. The molecule has 4 nitrogen and oxygen atoms in total. The van der Waals surface area contributed by atoms with Crippen LogP contribution < -0.4 is 5.73 Å². The van der Waals surface area contributed by atoms with Gasteiger partial charge in [0.15, 0.2) is 0 Å². The highest BCUT2D eigenvalue weighted by atomic mass is 16.5. The number of carbonyl (C=O) groups excluding carboxylic acids is 1. The first kappa shape index (κ1) is 12.0. The summed E-state index contributed by atoms with van der Waals surface area (Å²) in [7, 11) is 0. The molecule has 2 N–H and O–H groups in total. The Balaban J connectivity index is 2.18. The first-order valence-corrected chi connectivity index (χ1v) is 6.51. The van der Waals surface area contributed by atoms with E-state index >= 15 is 0 Å². The van der Waals surface area contributed by atoms with Crippen molar-refractivity contribution >= 4 is 22.6 Å². The molecule has 19 heavy (non-hydrogen) atoms. The topological polar surface area (TPSA) is 65.2 Å². The van der Waals surface area contributed by atoms with Gasteiger partial charge in [0.25, 0.3) is 0 Å². The number of hydrogen-bond acceptors (Lipinski definition) is 4. The van der Waals surface area contributed by atoms with Crippen LogP contribution in [0.5, 0.6) is 0 Å². The highest BCUT2D eigenvalue weighted by molar-refractivity contribution is 5.92. The molecule has 98 valence electrons. The molecular weight excluding hydrogens is 240 g/mol. The number of nitrogens with two attached hydrogens (primary N) is 1. The number of hydrogen-bond donors (Lipinski definition) is 1. The summed E-state index contributed by atoms with van der Waals surface area (Å²) in [5, 5.41) is 0.977. The molecule has 1 unspecified atom stereocenters. The summed E-state index contributed by atoms with van der Waals surface area (Å²) >= 11 is 0. The Hall–Kier alpha value is -2.10. The van der Waals surface area contributed by atoms with Crippen molar-refractivity contribution in [3.8, 4) is 0 Å². The van der Waals surface area contributed by atoms with Crippen LogP contribution in [-0.4, -0.2) is 11.0 Å². The first-order chi connectivity index (χ1) is 9.16. The lowest BCUT2D eigenvalue weighted by Crippen LogP contribution is -2.18. The number of benzene rings is 1. The van der Waals surface area contributed by atoms with E-state index in [1.165, 1.54) is 6.92 Å². The van der Waals surface area contributed by atoms with Crippen molar-refractivity contribution in [1.29, 1.82) is 0 Å². The lowest BCUT2D eigenvalue weighted by atomic mass is 9.91. The molecule has 0 radical (unpaired) electrons. The van der Waals surface area contributed by atoms with Crippen LogP contribution in [0.1, 0.15) is 37.1 Å². The van der Waals surface area contributed by atoms with Crippen molar-refractivity contribution in [2.24, 2.45) is 0 Å². The lowest BCUT2D eigenvalue weighted by molar-refractivity contribution is -0.147. The summed E-state index contributed by atoms with van der Waals surface area (Å²) in [4.78, 5) is 15.8. The maximum absolute atomic E-state index is 11.2. The van der Waals surface area contributed by atoms with Gasteiger partial charge in [0.05, 0.1) is 11.2 Å². The number of rotatable bonds is 1. The van der Waals surface area contributed by atoms with Gasteiger partial charge in [-0.05, 0) is 25.3 Å². The second-order valence-electron chi connectivity index (χ2n) is 4.90. The fourth-order valence-corrected chi connectivity index (χ4v) is 2.74. The number of aromatic nitrogens is 1. The van der Waals surface area contributed by atoms with Crippen molar-refractivity contribution in [3.05, 3.63) is 35.5 Å². The van der Waals surface area contributed by atoms with Crippen molar-refractivity contribution in [2.75, 3.05) is 5.73 Å². The van der Waals surface area contributed by atoms with Crippen LogP contribution in [0.25, 0.3) is 10.9 Å². The predicted octanol–water partition coefficient (Wildman–Crippen LogP) is 2.76. The number of nitrogens with zero attached hydrogens (tertiary/aromatic N) is 1. The zero-order valence-corrected chi connectivity index (χ0v) is 10.8. The van der Waals surface area contributed by atoms with Crippen molar-refractivity contribution in [1.82, 2.24) is 4.98 Å². The number of anilines is 1. The van der Waals surface area contributed by atoms with Crippen LogP contribution >= 0.6 is 0 Å². The van der Waals surface area contributed by atoms with Crippen LogP contribution in [0.2, 0.25) is 0 Å². The van der Waals surface area contributed by atoms with Gasteiger partial charge >= 0.3 is 5.97 Å². The standard InChI is InChI=1S/C15H16N2O2/c1-9(18)19-13-8-4-6-11-14(16)10-5-2-3-7-12(10)17-15(11)13/h2-3,5,7,13H,4,6,8H2,1H3,(H2,16,17). The quantitative estimate of drug-likeness (QED) is 0.797. The van der Waals surface area contributed by atoms with E-state index in [2.05, 4.69) is 4.98 Å². The second-order valence-corrected chi connectivity index (χ2v) is 4.90. The maximum Gasteiger partial charge on any atom is 0.303 e. The highest BCUT2D eigenvalue weighted by Gasteiger charge is 2.26. The van der Waals surface area contributed by atoms with Crippen LogP contribution in [0.4, 0.5) is 5.69 Å². The Bertz CT molecular complexity index is 652. The van der Waals surface area contributed by atoms with Gasteiger partial charge in [0.2, 0.25) is 0 Å². The zero-order chi connectivity index (χ0) is 13.4. The summed E-state index contributed by atoms with van der Waals surface area (Å²) in [6, 6.07) is 7.81. The highest BCUT2D eigenvalue weighted by Crippen LogP contribution is 2.37. The largest absolute Gasteiger partial charge is 0.456 e. The molecule has 0 aliphatic heterocycles. The van der Waals surface area contributed by atoms with Gasteiger partial charge in [-0.3, -0.25) is 4.79 Å². The molecule has 1 heterocycles. The first-order valence-electron chi connectivity index (χ1n) is 6.51. The number of pyridine rings is 1. The molecule has 1 aromatic heterocycles. The average Bonchev–Trinajstić information content (AvgIpc) is 2.40. The van der Waals surface area contributed by atoms with Gasteiger partial charge in [0.1, 0.15) is 6.10 Å². The molecule has 1 atom stereocenters. The van der Waals surface area contributed by atoms with Gasteiger partial charge in [-0.25, -0.2) is 4.98 Å². The third-order valence-electron chi connectivity index (χ3n) is 3.58. The van der Waals surface area contributed by atoms with Gasteiger partial charge in [-0.15, -0.1) is 0 Å². The van der Waals surface area contributed by atoms with Crippen LogP contribution in [0, 0.1) is 0 Å². The molecule has 1 aliphatic carbocycles. The van der Waals surface area contributed by atoms with Crippen LogP contribution in [0.15, 0.2) is 24.3 Å². The zero-order valence-electron chi connectivity index (χ0n) is 10.8. The lowest BCUT2D eigenvalue weighted by Gasteiger charge is -2.25. The Morgan fingerprint density at radius 3 is 3.00 bits per heavy atom. The number of carbonyl (C=O) groups is 1. The fraction of sp³-hybridized carbons (Fsp3) is 0.333. The third-order valence-corrected chi connectivity index (χ3v) is 3.58. The van der Waals surface area contributed by atoms with E-state index in [1.54, 1.807) is 0 Å². The smallest absolute Gasteiger partial charge is 0.303 e. The number of esters is 1. The van der Waals surface area contributed by atoms with Crippen molar-refractivity contribution < 1.29 is 9.53 Å². The van der Waals surface area contributed by atoms with Crippen LogP contribution in [-0.2, 0) is 16.0 Å². The van der Waals surface area contributed by atoms with Crippen LogP contribution in [0.3, 0.4) is 0 Å². The molecule has 0 saturated carbocycles. The minimum absolute atomic E-state index is 0.256. The Morgan fingerprint density at radius 1 is 1.42 bits per heavy atom. The monoisotopic (exact) mass is 256 g/mol. The van der Waals surface area contributed by atoms with E-state index in [9.17, 15) is 4.79 Å². The Kier molecular flexibility index (Phi) is 2.85. The number of fused-ring (bicyclic) bond motifs is 2. The average molecular weight is 256 g/mol. The third kappa shape index (κ3) is 2.03. The molecule has 0 bridgehead atoms. The van der Waals surface area contributed by atoms with E-state index in [0.717, 1.165) is 47.1 Å². The molecule has 1 aromatic carbocycles. The molecule has 1 aliphatic rings.